The number of nitrogens with zero attached hydrogens (tertiary/aromatic N) is 4. The maximum absolute atomic E-state index is 5.75. The third kappa shape index (κ3) is 3.25. The van der Waals surface area contributed by atoms with Gasteiger partial charge in [-0.15, -0.1) is 5.10 Å². The molecule has 0 aliphatic heterocycles. The Morgan fingerprint density at radius 1 is 1.40 bits per heavy atom. The largest absolute Gasteiger partial charge is 0.443 e. The summed E-state index contributed by atoms with van der Waals surface area (Å²) in [5.41, 5.74) is 0.937. The molecule has 3 rings (SSSR count). The maximum Gasteiger partial charge on any atom is 0.216 e. The lowest BCUT2D eigenvalue weighted by atomic mass is 9.94. The molecule has 1 aliphatic rings. The first-order valence-corrected chi connectivity index (χ1v) is 7.08. The highest BCUT2D eigenvalue weighted by Crippen LogP contribution is 2.23. The van der Waals surface area contributed by atoms with Crippen LogP contribution in [0.25, 0.3) is 0 Å². The van der Waals surface area contributed by atoms with Gasteiger partial charge in [0.15, 0.2) is 0 Å². The highest BCUT2D eigenvalue weighted by atomic mass is 16.4. The van der Waals surface area contributed by atoms with E-state index in [-0.39, 0.29) is 5.41 Å². The molecule has 0 bridgehead atoms. The molecule has 0 amide bonds. The number of hydrogen-bond acceptors (Lipinski definition) is 5. The molecular weight excluding hydrogens is 254 g/mol. The standard InChI is InChI=1S/C14H21N5O/c1-14(2,3)12-7-16-13(20-12)9-19-8-11(17-18-19)6-15-10-4-5-10/h7-8,10,15H,4-6,9H2,1-3H3. The van der Waals surface area contributed by atoms with Crippen LogP contribution in [-0.4, -0.2) is 26.0 Å². The van der Waals surface area contributed by atoms with Gasteiger partial charge < -0.3 is 9.73 Å². The van der Waals surface area contributed by atoms with Crippen molar-refractivity contribution in [1.82, 2.24) is 25.3 Å². The van der Waals surface area contributed by atoms with E-state index < -0.39 is 0 Å². The second kappa shape index (κ2) is 5.01. The van der Waals surface area contributed by atoms with Crippen LogP contribution in [0.3, 0.4) is 0 Å². The lowest BCUT2D eigenvalue weighted by Gasteiger charge is -2.12. The van der Waals surface area contributed by atoms with Crippen molar-refractivity contribution in [3.05, 3.63) is 29.7 Å². The number of rotatable bonds is 5. The van der Waals surface area contributed by atoms with Gasteiger partial charge in [-0.05, 0) is 12.8 Å². The molecule has 108 valence electrons. The Labute approximate surface area is 118 Å². The zero-order chi connectivity index (χ0) is 14.2. The predicted octanol–water partition coefficient (Wildman–Crippen LogP) is 1.86. The predicted molar refractivity (Wildman–Crippen MR) is 74.2 cm³/mol. The molecule has 0 saturated heterocycles. The third-order valence-electron chi connectivity index (χ3n) is 3.33. The van der Waals surface area contributed by atoms with Gasteiger partial charge in [0, 0.05) is 18.0 Å². The summed E-state index contributed by atoms with van der Waals surface area (Å²) in [6.07, 6.45) is 6.29. The summed E-state index contributed by atoms with van der Waals surface area (Å²) in [5.74, 6) is 1.56. The van der Waals surface area contributed by atoms with Gasteiger partial charge in [0.1, 0.15) is 12.3 Å². The Hall–Kier alpha value is -1.69. The van der Waals surface area contributed by atoms with E-state index >= 15 is 0 Å². The molecule has 0 atom stereocenters. The Morgan fingerprint density at radius 2 is 2.20 bits per heavy atom. The quantitative estimate of drug-likeness (QED) is 0.902. The summed E-state index contributed by atoms with van der Waals surface area (Å²) in [6.45, 7) is 7.62. The Morgan fingerprint density at radius 3 is 2.85 bits per heavy atom. The maximum atomic E-state index is 5.75. The van der Waals surface area contributed by atoms with Gasteiger partial charge in [0.2, 0.25) is 5.89 Å². The first-order chi connectivity index (χ1) is 9.50. The average molecular weight is 275 g/mol. The van der Waals surface area contributed by atoms with E-state index in [4.69, 9.17) is 4.42 Å². The van der Waals surface area contributed by atoms with Crippen molar-refractivity contribution in [3.63, 3.8) is 0 Å². The van der Waals surface area contributed by atoms with Crippen LogP contribution < -0.4 is 5.32 Å². The zero-order valence-corrected chi connectivity index (χ0v) is 12.3. The molecule has 0 spiro atoms. The number of nitrogens with one attached hydrogen (secondary N) is 1. The smallest absolute Gasteiger partial charge is 0.216 e. The minimum Gasteiger partial charge on any atom is -0.443 e. The van der Waals surface area contributed by atoms with Crippen molar-refractivity contribution < 1.29 is 4.42 Å². The minimum atomic E-state index is -0.0209. The highest BCUT2D eigenvalue weighted by molar-refractivity contribution is 5.06. The molecule has 0 unspecified atom stereocenters. The van der Waals surface area contributed by atoms with Crippen LogP contribution in [0.15, 0.2) is 16.8 Å². The number of oxazole rings is 1. The van der Waals surface area contributed by atoms with Gasteiger partial charge in [-0.2, -0.15) is 0 Å². The first kappa shape index (κ1) is 13.3. The number of hydrogen-bond donors (Lipinski definition) is 1. The fourth-order valence-corrected chi connectivity index (χ4v) is 1.90. The lowest BCUT2D eigenvalue weighted by Crippen LogP contribution is -2.15. The molecule has 0 aromatic carbocycles. The van der Waals surface area contributed by atoms with Crippen molar-refractivity contribution in [2.45, 2.75) is 58.2 Å². The monoisotopic (exact) mass is 275 g/mol. The van der Waals surface area contributed by atoms with Crippen LogP contribution in [0.2, 0.25) is 0 Å². The van der Waals surface area contributed by atoms with Gasteiger partial charge in [0.05, 0.1) is 18.1 Å². The molecule has 20 heavy (non-hydrogen) atoms. The summed E-state index contributed by atoms with van der Waals surface area (Å²) in [7, 11) is 0. The summed E-state index contributed by atoms with van der Waals surface area (Å²) in [6, 6.07) is 0.682. The average Bonchev–Trinajstić information content (AvgIpc) is 2.89. The van der Waals surface area contributed by atoms with Gasteiger partial charge in [0.25, 0.3) is 0 Å². The summed E-state index contributed by atoms with van der Waals surface area (Å²) < 4.78 is 7.52. The highest BCUT2D eigenvalue weighted by Gasteiger charge is 2.21. The third-order valence-corrected chi connectivity index (χ3v) is 3.33. The van der Waals surface area contributed by atoms with E-state index in [1.807, 2.05) is 6.20 Å². The van der Waals surface area contributed by atoms with Gasteiger partial charge >= 0.3 is 0 Å². The fraction of sp³-hybridized carbons (Fsp3) is 0.643. The molecule has 2 aromatic rings. The van der Waals surface area contributed by atoms with E-state index in [0.717, 1.165) is 18.0 Å². The molecule has 1 fully saturated rings. The minimum absolute atomic E-state index is 0.0209. The van der Waals surface area contributed by atoms with E-state index in [1.54, 1.807) is 10.9 Å². The molecule has 1 aliphatic carbocycles. The second-order valence-corrected chi connectivity index (χ2v) is 6.43. The summed E-state index contributed by atoms with van der Waals surface area (Å²) in [4.78, 5) is 4.30. The molecule has 1 saturated carbocycles. The van der Waals surface area contributed by atoms with Crippen molar-refractivity contribution in [1.29, 1.82) is 0 Å². The normalized spacial score (nSPS) is 15.8. The van der Waals surface area contributed by atoms with Crippen molar-refractivity contribution >= 4 is 0 Å². The molecular formula is C14H21N5O. The van der Waals surface area contributed by atoms with Crippen molar-refractivity contribution in [2.75, 3.05) is 0 Å². The van der Waals surface area contributed by atoms with Gasteiger partial charge in [-0.1, -0.05) is 26.0 Å². The Bertz CT molecular complexity index is 576. The summed E-state index contributed by atoms with van der Waals surface area (Å²) in [5, 5.41) is 11.7. The molecule has 6 nitrogen and oxygen atoms in total. The van der Waals surface area contributed by atoms with Crippen LogP contribution in [0.4, 0.5) is 0 Å². The first-order valence-electron chi connectivity index (χ1n) is 7.08. The molecule has 0 radical (unpaired) electrons. The van der Waals surface area contributed by atoms with E-state index in [1.165, 1.54) is 12.8 Å². The Kier molecular flexibility index (Phi) is 3.33. The fourth-order valence-electron chi connectivity index (χ4n) is 1.90. The topological polar surface area (TPSA) is 68.8 Å². The SMILES string of the molecule is CC(C)(C)c1cnc(Cn2cc(CNC3CC3)nn2)o1. The van der Waals surface area contributed by atoms with Crippen molar-refractivity contribution in [3.8, 4) is 0 Å². The molecule has 6 heteroatoms. The van der Waals surface area contributed by atoms with E-state index in [0.29, 0.717) is 18.5 Å². The van der Waals surface area contributed by atoms with Gasteiger partial charge in [-0.25, -0.2) is 9.67 Å². The van der Waals surface area contributed by atoms with Crippen LogP contribution >= 0.6 is 0 Å². The summed E-state index contributed by atoms with van der Waals surface area (Å²) >= 11 is 0. The van der Waals surface area contributed by atoms with Crippen LogP contribution in [0.1, 0.15) is 51.0 Å². The molecule has 1 N–H and O–H groups in total. The van der Waals surface area contributed by atoms with Crippen LogP contribution in [0.5, 0.6) is 0 Å². The molecule has 2 heterocycles. The number of aromatic nitrogens is 4. The van der Waals surface area contributed by atoms with Crippen molar-refractivity contribution in [2.24, 2.45) is 0 Å². The van der Waals surface area contributed by atoms with Gasteiger partial charge in [-0.3, -0.25) is 0 Å². The van der Waals surface area contributed by atoms with E-state index in [2.05, 4.69) is 41.4 Å². The lowest BCUT2D eigenvalue weighted by molar-refractivity contribution is 0.371. The van der Waals surface area contributed by atoms with Crippen LogP contribution in [-0.2, 0) is 18.5 Å². The van der Waals surface area contributed by atoms with Crippen LogP contribution in [0, 0.1) is 0 Å². The van der Waals surface area contributed by atoms with E-state index in [9.17, 15) is 0 Å². The zero-order valence-electron chi connectivity index (χ0n) is 12.3. The molecule has 2 aromatic heterocycles. The Balaban J connectivity index is 1.60. The second-order valence-electron chi connectivity index (χ2n) is 6.43.